The van der Waals surface area contributed by atoms with E-state index in [1.54, 1.807) is 7.05 Å². The van der Waals surface area contributed by atoms with Crippen LogP contribution < -0.4 is 10.1 Å². The summed E-state index contributed by atoms with van der Waals surface area (Å²) >= 11 is 0. The van der Waals surface area contributed by atoms with Crippen molar-refractivity contribution in [2.75, 3.05) is 39.8 Å². The fraction of sp³-hybridized carbons (Fsp3) is 0.650. The van der Waals surface area contributed by atoms with Crippen molar-refractivity contribution >= 4 is 11.9 Å². The molecule has 3 rings (SSSR count). The molecule has 0 aromatic carbocycles. The summed E-state index contributed by atoms with van der Waals surface area (Å²) in [4.78, 5) is 25.3. The Balaban J connectivity index is 1.46. The van der Waals surface area contributed by atoms with E-state index in [1.165, 1.54) is 0 Å². The first-order valence-electron chi connectivity index (χ1n) is 10.0. The Morgan fingerprint density at radius 2 is 2.07 bits per heavy atom. The number of carbonyl (C=O) groups is 1. The zero-order chi connectivity index (χ0) is 19.9. The minimum absolute atomic E-state index is 0.112. The molecule has 1 aromatic heterocycles. The number of pyridine rings is 1. The van der Waals surface area contributed by atoms with Gasteiger partial charge in [0.25, 0.3) is 5.91 Å². The van der Waals surface area contributed by atoms with Crippen LogP contribution in [0.3, 0.4) is 0 Å². The van der Waals surface area contributed by atoms with Crippen LogP contribution in [-0.4, -0.2) is 78.7 Å². The summed E-state index contributed by atoms with van der Waals surface area (Å²) in [5.74, 6) is 1.61. The molecule has 3 heterocycles. The highest BCUT2D eigenvalue weighted by atomic mass is 16.5. The summed E-state index contributed by atoms with van der Waals surface area (Å²) in [6, 6.07) is 3.89. The van der Waals surface area contributed by atoms with E-state index in [1.807, 2.05) is 37.1 Å². The maximum Gasteiger partial charge on any atom is 0.251 e. The number of guanidine groups is 1. The van der Waals surface area contributed by atoms with Crippen LogP contribution in [0.25, 0.3) is 0 Å². The second-order valence-electron chi connectivity index (χ2n) is 7.39. The lowest BCUT2D eigenvalue weighted by Crippen LogP contribution is -2.55. The first kappa shape index (κ1) is 20.4. The summed E-state index contributed by atoms with van der Waals surface area (Å²) in [5.41, 5.74) is 1.06. The van der Waals surface area contributed by atoms with Gasteiger partial charge in [0.05, 0.1) is 6.10 Å². The Hall–Kier alpha value is -2.35. The molecule has 2 saturated heterocycles. The Morgan fingerprint density at radius 1 is 1.32 bits per heavy atom. The Kier molecular flexibility index (Phi) is 7.08. The van der Waals surface area contributed by atoms with Crippen LogP contribution in [0.15, 0.2) is 23.3 Å². The van der Waals surface area contributed by atoms with Crippen LogP contribution in [0.2, 0.25) is 0 Å². The van der Waals surface area contributed by atoms with Crippen molar-refractivity contribution < 1.29 is 14.3 Å². The number of hydrogen-bond donors (Lipinski definition) is 1. The zero-order valence-corrected chi connectivity index (χ0v) is 17.1. The van der Waals surface area contributed by atoms with Gasteiger partial charge >= 0.3 is 0 Å². The van der Waals surface area contributed by atoms with Gasteiger partial charge in [-0.1, -0.05) is 6.07 Å². The predicted molar refractivity (Wildman–Crippen MR) is 107 cm³/mol. The number of ether oxygens (including phenoxy) is 2. The third-order valence-electron chi connectivity index (χ3n) is 4.91. The van der Waals surface area contributed by atoms with Crippen molar-refractivity contribution in [1.82, 2.24) is 20.1 Å². The lowest BCUT2D eigenvalue weighted by molar-refractivity contribution is -0.142. The molecule has 8 heteroatoms. The van der Waals surface area contributed by atoms with Crippen molar-refractivity contribution in [3.8, 4) is 5.88 Å². The summed E-state index contributed by atoms with van der Waals surface area (Å²) in [6.45, 7) is 8.22. The standard InChI is InChI=1S/C20H31N5O3/c1-15(2)28-18-7-6-16(13-22-18)14-23-20(21-3)25-10-8-24(9-11-25)19(26)17-5-4-12-27-17/h6-7,13,15,17H,4-5,8-12,14H2,1-3H3,(H,21,23). The Labute approximate surface area is 166 Å². The Morgan fingerprint density at radius 3 is 2.64 bits per heavy atom. The number of nitrogens with zero attached hydrogens (tertiary/aromatic N) is 4. The molecule has 154 valence electrons. The summed E-state index contributed by atoms with van der Waals surface area (Å²) < 4.78 is 11.1. The van der Waals surface area contributed by atoms with Gasteiger partial charge in [-0.15, -0.1) is 0 Å². The highest BCUT2D eigenvalue weighted by molar-refractivity contribution is 5.82. The second kappa shape index (κ2) is 9.73. The molecule has 0 bridgehead atoms. The fourth-order valence-electron chi connectivity index (χ4n) is 3.45. The van der Waals surface area contributed by atoms with Crippen LogP contribution in [0.1, 0.15) is 32.3 Å². The third kappa shape index (κ3) is 5.34. The monoisotopic (exact) mass is 389 g/mol. The quantitative estimate of drug-likeness (QED) is 0.604. The number of nitrogens with one attached hydrogen (secondary N) is 1. The minimum Gasteiger partial charge on any atom is -0.475 e. The topological polar surface area (TPSA) is 79.3 Å². The van der Waals surface area contributed by atoms with Gasteiger partial charge in [0.2, 0.25) is 5.88 Å². The van der Waals surface area contributed by atoms with Gasteiger partial charge in [0.1, 0.15) is 6.10 Å². The molecule has 0 aliphatic carbocycles. The molecule has 1 aromatic rings. The largest absolute Gasteiger partial charge is 0.475 e. The Bertz CT molecular complexity index is 663. The van der Waals surface area contributed by atoms with E-state index < -0.39 is 0 Å². The molecule has 0 spiro atoms. The highest BCUT2D eigenvalue weighted by Gasteiger charge is 2.30. The van der Waals surface area contributed by atoms with Gasteiger partial charge in [-0.25, -0.2) is 4.98 Å². The van der Waals surface area contributed by atoms with Crippen LogP contribution in [0.5, 0.6) is 5.88 Å². The molecule has 1 unspecified atom stereocenters. The van der Waals surface area contributed by atoms with Crippen LogP contribution in [0, 0.1) is 0 Å². The first-order chi connectivity index (χ1) is 13.6. The number of amides is 1. The van der Waals surface area contributed by atoms with E-state index in [9.17, 15) is 4.79 Å². The molecule has 1 amide bonds. The van der Waals surface area contributed by atoms with Crippen molar-refractivity contribution in [1.29, 1.82) is 0 Å². The van der Waals surface area contributed by atoms with Crippen LogP contribution in [-0.2, 0) is 16.1 Å². The van der Waals surface area contributed by atoms with E-state index in [2.05, 4.69) is 20.2 Å². The minimum atomic E-state index is -0.237. The summed E-state index contributed by atoms with van der Waals surface area (Å²) in [6.07, 6.45) is 3.51. The summed E-state index contributed by atoms with van der Waals surface area (Å²) in [5, 5.41) is 3.38. The van der Waals surface area contributed by atoms with Crippen molar-refractivity contribution in [3.63, 3.8) is 0 Å². The second-order valence-corrected chi connectivity index (χ2v) is 7.39. The van der Waals surface area contributed by atoms with Crippen molar-refractivity contribution in [2.45, 2.75) is 45.4 Å². The van der Waals surface area contributed by atoms with Gasteiger partial charge in [0, 0.05) is 58.6 Å². The fourth-order valence-corrected chi connectivity index (χ4v) is 3.45. The summed E-state index contributed by atoms with van der Waals surface area (Å²) in [7, 11) is 1.78. The highest BCUT2D eigenvalue weighted by Crippen LogP contribution is 2.16. The van der Waals surface area contributed by atoms with Crippen molar-refractivity contribution in [2.24, 2.45) is 4.99 Å². The molecule has 2 fully saturated rings. The molecule has 1 atom stereocenters. The van der Waals surface area contributed by atoms with Gasteiger partial charge < -0.3 is 24.6 Å². The average Bonchev–Trinajstić information content (AvgIpc) is 3.24. The van der Waals surface area contributed by atoms with E-state index in [4.69, 9.17) is 9.47 Å². The van der Waals surface area contributed by atoms with Gasteiger partial charge in [-0.2, -0.15) is 0 Å². The molecule has 8 nitrogen and oxygen atoms in total. The number of carbonyl (C=O) groups excluding carboxylic acids is 1. The first-order valence-corrected chi connectivity index (χ1v) is 10.0. The number of hydrogen-bond acceptors (Lipinski definition) is 5. The number of aromatic nitrogens is 1. The van der Waals surface area contributed by atoms with E-state index >= 15 is 0 Å². The van der Waals surface area contributed by atoms with Gasteiger partial charge in [-0.3, -0.25) is 9.79 Å². The van der Waals surface area contributed by atoms with Crippen LogP contribution in [0.4, 0.5) is 0 Å². The third-order valence-corrected chi connectivity index (χ3v) is 4.91. The van der Waals surface area contributed by atoms with E-state index in [0.717, 1.165) is 37.5 Å². The lowest BCUT2D eigenvalue weighted by atomic mass is 10.2. The van der Waals surface area contributed by atoms with E-state index in [0.29, 0.717) is 32.1 Å². The molecule has 1 N–H and O–H groups in total. The van der Waals surface area contributed by atoms with E-state index in [-0.39, 0.29) is 18.1 Å². The van der Waals surface area contributed by atoms with Gasteiger partial charge in [-0.05, 0) is 32.3 Å². The predicted octanol–water partition coefficient (Wildman–Crippen LogP) is 1.27. The molecule has 0 radical (unpaired) electrons. The SMILES string of the molecule is CN=C(NCc1ccc(OC(C)C)nc1)N1CCN(C(=O)C2CCCO2)CC1. The average molecular weight is 390 g/mol. The lowest BCUT2D eigenvalue weighted by Gasteiger charge is -2.37. The molecule has 28 heavy (non-hydrogen) atoms. The smallest absolute Gasteiger partial charge is 0.251 e. The number of piperazine rings is 1. The number of aliphatic imine (C=N–C) groups is 1. The molecule has 2 aliphatic rings. The maximum absolute atomic E-state index is 12.5. The molecular weight excluding hydrogens is 358 g/mol. The molecular formula is C20H31N5O3. The normalized spacial score (nSPS) is 20.6. The van der Waals surface area contributed by atoms with Gasteiger partial charge in [0.15, 0.2) is 5.96 Å². The molecule has 2 aliphatic heterocycles. The maximum atomic E-state index is 12.5. The number of rotatable bonds is 5. The van der Waals surface area contributed by atoms with Crippen molar-refractivity contribution in [3.05, 3.63) is 23.9 Å². The molecule has 0 saturated carbocycles. The zero-order valence-electron chi connectivity index (χ0n) is 17.1. The van der Waals surface area contributed by atoms with Crippen LogP contribution >= 0.6 is 0 Å².